The Balaban J connectivity index is 1.48. The lowest BCUT2D eigenvalue weighted by Gasteiger charge is -2.36. The summed E-state index contributed by atoms with van der Waals surface area (Å²) in [4.78, 5) is 59.4. The van der Waals surface area contributed by atoms with E-state index in [0.29, 0.717) is 43.0 Å². The number of ketones is 1. The average Bonchev–Trinajstić information content (AvgIpc) is 2.96. The van der Waals surface area contributed by atoms with Crippen LogP contribution in [0.5, 0.6) is 0 Å². The minimum atomic E-state index is -1.18. The Bertz CT molecular complexity index is 1430. The number of hydrogen-bond donors (Lipinski definition) is 2. The Morgan fingerprint density at radius 2 is 1.59 bits per heavy atom. The third kappa shape index (κ3) is 4.99. The van der Waals surface area contributed by atoms with Crippen molar-refractivity contribution >= 4 is 29.3 Å². The molecule has 9 heteroatoms. The second kappa shape index (κ2) is 10.7. The second-order valence-electron chi connectivity index (χ2n) is 10.2. The number of fused-ring (bicyclic) bond motifs is 1. The van der Waals surface area contributed by atoms with Crippen LogP contribution in [0.4, 0.5) is 5.69 Å². The molecule has 0 saturated carbocycles. The van der Waals surface area contributed by atoms with Crippen molar-refractivity contribution in [2.75, 3.05) is 31.5 Å². The van der Waals surface area contributed by atoms with E-state index in [1.54, 1.807) is 58.6 Å². The van der Waals surface area contributed by atoms with Crippen LogP contribution in [0.25, 0.3) is 0 Å². The van der Waals surface area contributed by atoms with E-state index in [1.807, 2.05) is 26.0 Å². The van der Waals surface area contributed by atoms with Gasteiger partial charge in [0, 0.05) is 55.7 Å². The molecule has 0 aliphatic carbocycles. The number of benzene rings is 2. The van der Waals surface area contributed by atoms with Gasteiger partial charge in [-0.25, -0.2) is 4.79 Å². The quantitative estimate of drug-likeness (QED) is 0.518. The number of aromatic nitrogens is 1. The molecule has 2 aliphatic heterocycles. The van der Waals surface area contributed by atoms with Gasteiger partial charge in [0.05, 0.1) is 23.1 Å². The van der Waals surface area contributed by atoms with Gasteiger partial charge in [0.2, 0.25) is 5.91 Å². The second-order valence-corrected chi connectivity index (χ2v) is 10.2. The number of carboxylic acids is 1. The summed E-state index contributed by atoms with van der Waals surface area (Å²) in [5.74, 6) is -2.46. The monoisotopic (exact) mass is 526 g/mol. The summed E-state index contributed by atoms with van der Waals surface area (Å²) in [7, 11) is 0. The van der Waals surface area contributed by atoms with Crippen LogP contribution < -0.4 is 5.32 Å². The normalized spacial score (nSPS) is 18.9. The van der Waals surface area contributed by atoms with Gasteiger partial charge in [0.25, 0.3) is 5.91 Å². The van der Waals surface area contributed by atoms with Crippen LogP contribution in [-0.4, -0.2) is 69.6 Å². The topological polar surface area (TPSA) is 120 Å². The van der Waals surface area contributed by atoms with Crippen molar-refractivity contribution in [3.8, 4) is 0 Å². The molecule has 1 fully saturated rings. The third-order valence-corrected chi connectivity index (χ3v) is 7.40. The summed E-state index contributed by atoms with van der Waals surface area (Å²) in [5.41, 5.74) is 2.39. The van der Waals surface area contributed by atoms with Crippen LogP contribution in [-0.2, 0) is 4.79 Å². The first kappa shape index (κ1) is 26.1. The lowest BCUT2D eigenvalue weighted by atomic mass is 9.77. The standard InChI is InChI=1S/C30H30N4O5/c1-18(2)28(36)33-13-15-34(16-14-33)29(37)21-6-3-5-20(17-21)24-26(19-9-11-31-12-10-19)32-23-8-4-7-22(30(38)39)25(23)27(24)35/h3-12,17-18,24,26,32H,13-16H2,1-2H3,(H,38,39). The van der Waals surface area contributed by atoms with Gasteiger partial charge in [-0.3, -0.25) is 19.4 Å². The molecule has 1 aromatic heterocycles. The maximum Gasteiger partial charge on any atom is 0.336 e. The zero-order valence-corrected chi connectivity index (χ0v) is 21.8. The van der Waals surface area contributed by atoms with E-state index in [1.165, 1.54) is 6.07 Å². The molecule has 9 nitrogen and oxygen atoms in total. The number of amides is 2. The molecule has 3 aromatic rings. The van der Waals surface area contributed by atoms with Crippen LogP contribution in [0.2, 0.25) is 0 Å². The number of pyridine rings is 1. The Morgan fingerprint density at radius 1 is 0.923 bits per heavy atom. The summed E-state index contributed by atoms with van der Waals surface area (Å²) < 4.78 is 0. The van der Waals surface area contributed by atoms with Crippen molar-refractivity contribution in [1.82, 2.24) is 14.8 Å². The van der Waals surface area contributed by atoms with Gasteiger partial charge >= 0.3 is 5.97 Å². The van der Waals surface area contributed by atoms with E-state index in [0.717, 1.165) is 5.56 Å². The maximum absolute atomic E-state index is 14.0. The molecule has 2 amide bonds. The highest BCUT2D eigenvalue weighted by molar-refractivity contribution is 6.14. The van der Waals surface area contributed by atoms with Crippen molar-refractivity contribution in [2.45, 2.75) is 25.8 Å². The number of carboxylic acid groups (broad SMARTS) is 1. The first-order valence-electron chi connectivity index (χ1n) is 13.0. The third-order valence-electron chi connectivity index (χ3n) is 7.40. The molecule has 2 aliphatic rings. The van der Waals surface area contributed by atoms with Crippen LogP contribution in [0.15, 0.2) is 67.0 Å². The van der Waals surface area contributed by atoms with E-state index >= 15 is 0 Å². The highest BCUT2D eigenvalue weighted by atomic mass is 16.4. The number of rotatable bonds is 5. The highest BCUT2D eigenvalue weighted by Gasteiger charge is 2.40. The van der Waals surface area contributed by atoms with Gasteiger partial charge in [-0.05, 0) is 47.5 Å². The molecule has 0 radical (unpaired) electrons. The van der Waals surface area contributed by atoms with Crippen LogP contribution in [0.1, 0.15) is 68.0 Å². The molecule has 0 spiro atoms. The van der Waals surface area contributed by atoms with Gasteiger partial charge in [0.1, 0.15) is 0 Å². The molecule has 2 aromatic carbocycles. The molecule has 5 rings (SSSR count). The number of carbonyl (C=O) groups is 4. The maximum atomic E-state index is 14.0. The Morgan fingerprint density at radius 3 is 2.26 bits per heavy atom. The lowest BCUT2D eigenvalue weighted by molar-refractivity contribution is -0.135. The van der Waals surface area contributed by atoms with Crippen molar-refractivity contribution in [2.24, 2.45) is 5.92 Å². The summed E-state index contributed by atoms with van der Waals surface area (Å²) in [6.07, 6.45) is 3.29. The van der Waals surface area contributed by atoms with Gasteiger partial charge in [0.15, 0.2) is 5.78 Å². The fourth-order valence-corrected chi connectivity index (χ4v) is 5.41. The van der Waals surface area contributed by atoms with E-state index in [2.05, 4.69) is 10.3 Å². The number of piperazine rings is 1. The Hall–Kier alpha value is -4.53. The van der Waals surface area contributed by atoms with E-state index < -0.39 is 17.9 Å². The lowest BCUT2D eigenvalue weighted by Crippen LogP contribution is -2.51. The molecule has 0 bridgehead atoms. The van der Waals surface area contributed by atoms with Gasteiger partial charge in [-0.15, -0.1) is 0 Å². The Kier molecular flexibility index (Phi) is 7.15. The fraction of sp³-hybridized carbons (Fsp3) is 0.300. The average molecular weight is 527 g/mol. The molecule has 2 unspecified atom stereocenters. The van der Waals surface area contributed by atoms with Crippen molar-refractivity contribution in [3.05, 3.63) is 94.8 Å². The van der Waals surface area contributed by atoms with Gasteiger partial charge in [-0.1, -0.05) is 32.0 Å². The summed E-state index contributed by atoms with van der Waals surface area (Å²) >= 11 is 0. The number of carbonyl (C=O) groups excluding carboxylic acids is 3. The van der Waals surface area contributed by atoms with E-state index in [4.69, 9.17) is 0 Å². The first-order chi connectivity index (χ1) is 18.8. The number of aromatic carboxylic acids is 1. The minimum absolute atomic E-state index is 0.0655. The summed E-state index contributed by atoms with van der Waals surface area (Å²) in [5, 5.41) is 13.2. The molecule has 200 valence electrons. The summed E-state index contributed by atoms with van der Waals surface area (Å²) in [6.45, 7) is 5.55. The SMILES string of the molecule is CC(C)C(=O)N1CCN(C(=O)c2cccc(C3C(=O)c4c(cccc4C(=O)O)NC3c3ccncc3)c2)CC1. The largest absolute Gasteiger partial charge is 0.478 e. The number of nitrogens with zero attached hydrogens (tertiary/aromatic N) is 3. The van der Waals surface area contributed by atoms with Crippen LogP contribution in [0.3, 0.4) is 0 Å². The van der Waals surface area contributed by atoms with Crippen molar-refractivity contribution in [3.63, 3.8) is 0 Å². The summed E-state index contributed by atoms with van der Waals surface area (Å²) in [6, 6.07) is 14.9. The molecule has 1 saturated heterocycles. The van der Waals surface area contributed by atoms with E-state index in [-0.39, 0.29) is 34.6 Å². The number of hydrogen-bond acceptors (Lipinski definition) is 6. The smallest absolute Gasteiger partial charge is 0.336 e. The molecule has 2 N–H and O–H groups in total. The Labute approximate surface area is 226 Å². The minimum Gasteiger partial charge on any atom is -0.478 e. The van der Waals surface area contributed by atoms with Gasteiger partial charge < -0.3 is 20.2 Å². The molecular formula is C30H30N4O5. The van der Waals surface area contributed by atoms with E-state index in [9.17, 15) is 24.3 Å². The zero-order valence-electron chi connectivity index (χ0n) is 21.8. The zero-order chi connectivity index (χ0) is 27.7. The number of nitrogens with one attached hydrogen (secondary N) is 1. The molecule has 3 heterocycles. The van der Waals surface area contributed by atoms with Crippen LogP contribution >= 0.6 is 0 Å². The predicted molar refractivity (Wildman–Crippen MR) is 145 cm³/mol. The fourth-order valence-electron chi connectivity index (χ4n) is 5.41. The molecular weight excluding hydrogens is 496 g/mol. The predicted octanol–water partition coefficient (Wildman–Crippen LogP) is 3.85. The van der Waals surface area contributed by atoms with Crippen molar-refractivity contribution in [1.29, 1.82) is 0 Å². The number of Topliss-reactive ketones (excluding diaryl/α,β-unsaturated/α-hetero) is 1. The highest BCUT2D eigenvalue weighted by Crippen LogP contribution is 2.43. The van der Waals surface area contributed by atoms with Crippen LogP contribution in [0, 0.1) is 5.92 Å². The number of anilines is 1. The first-order valence-corrected chi connectivity index (χ1v) is 13.0. The molecule has 2 atom stereocenters. The van der Waals surface area contributed by atoms with Gasteiger partial charge in [-0.2, -0.15) is 0 Å². The molecule has 39 heavy (non-hydrogen) atoms. The van der Waals surface area contributed by atoms with Crippen molar-refractivity contribution < 1.29 is 24.3 Å².